The number of benzene rings is 1. The van der Waals surface area contributed by atoms with Gasteiger partial charge in [0, 0.05) is 18.9 Å². The summed E-state index contributed by atoms with van der Waals surface area (Å²) in [7, 11) is 1.50. The molecule has 0 spiro atoms. The first-order valence-electron chi connectivity index (χ1n) is 6.51. The van der Waals surface area contributed by atoms with Gasteiger partial charge < -0.3 is 25.7 Å². The third kappa shape index (κ3) is 4.64. The fourth-order valence-corrected chi connectivity index (χ4v) is 1.51. The summed E-state index contributed by atoms with van der Waals surface area (Å²) in [6.07, 6.45) is 0.551. The molecule has 21 heavy (non-hydrogen) atoms. The molecule has 0 aliphatic carbocycles. The van der Waals surface area contributed by atoms with Crippen molar-refractivity contribution in [3.05, 3.63) is 24.3 Å². The maximum atomic E-state index is 12.2. The summed E-state index contributed by atoms with van der Waals surface area (Å²) in [6.45, 7) is 3.55. The number of methoxy groups -OCH3 is 1. The second-order valence-electron chi connectivity index (χ2n) is 4.65. The van der Waals surface area contributed by atoms with Crippen molar-refractivity contribution in [1.29, 1.82) is 0 Å². The molecule has 1 aromatic carbocycles. The highest BCUT2D eigenvalue weighted by molar-refractivity contribution is 5.97. The minimum absolute atomic E-state index is 0.0395. The van der Waals surface area contributed by atoms with Gasteiger partial charge in [-0.15, -0.1) is 0 Å². The van der Waals surface area contributed by atoms with E-state index >= 15 is 0 Å². The quantitative estimate of drug-likeness (QED) is 0.306. The summed E-state index contributed by atoms with van der Waals surface area (Å²) in [4.78, 5) is 12.2. The third-order valence-electron chi connectivity index (χ3n) is 3.21. The number of nitrogens with zero attached hydrogens (tertiary/aromatic N) is 1. The van der Waals surface area contributed by atoms with Crippen molar-refractivity contribution in [2.24, 2.45) is 10.9 Å². The molecule has 0 heterocycles. The Morgan fingerprint density at radius 2 is 2.24 bits per heavy atom. The standard InChI is InChI=1S/C14H21N3O4/c1-4-14(2,20-3)13(18)16-10-6-5-7-11(8-10)21-9-12(15)17-19/h5-8,19H,4,9H2,1-3H3,(H2,15,17)(H,16,18). The van der Waals surface area contributed by atoms with Crippen molar-refractivity contribution in [3.63, 3.8) is 0 Å². The molecule has 0 saturated heterocycles. The fraction of sp³-hybridized carbons (Fsp3) is 0.429. The van der Waals surface area contributed by atoms with E-state index in [1.807, 2.05) is 6.92 Å². The lowest BCUT2D eigenvalue weighted by Gasteiger charge is -2.25. The number of hydrogen-bond acceptors (Lipinski definition) is 5. The van der Waals surface area contributed by atoms with Crippen LogP contribution in [0.3, 0.4) is 0 Å². The molecule has 7 nitrogen and oxygen atoms in total. The minimum atomic E-state index is -0.884. The molecule has 1 amide bonds. The van der Waals surface area contributed by atoms with Crippen LogP contribution in [-0.2, 0) is 9.53 Å². The van der Waals surface area contributed by atoms with Gasteiger partial charge in [0.1, 0.15) is 18.0 Å². The number of amidine groups is 1. The molecular formula is C14H21N3O4. The summed E-state index contributed by atoms with van der Waals surface area (Å²) in [5.41, 5.74) is 5.01. The Morgan fingerprint density at radius 3 is 2.81 bits per heavy atom. The van der Waals surface area contributed by atoms with Crippen LogP contribution in [0.25, 0.3) is 0 Å². The Labute approximate surface area is 123 Å². The topological polar surface area (TPSA) is 106 Å². The zero-order valence-corrected chi connectivity index (χ0v) is 12.4. The van der Waals surface area contributed by atoms with E-state index in [1.165, 1.54) is 7.11 Å². The van der Waals surface area contributed by atoms with Crippen LogP contribution in [0, 0.1) is 0 Å². The van der Waals surface area contributed by atoms with E-state index in [4.69, 9.17) is 20.4 Å². The first-order chi connectivity index (χ1) is 9.95. The van der Waals surface area contributed by atoms with Gasteiger partial charge in [-0.1, -0.05) is 18.1 Å². The van der Waals surface area contributed by atoms with E-state index in [0.29, 0.717) is 17.9 Å². The van der Waals surface area contributed by atoms with Crippen molar-refractivity contribution in [2.75, 3.05) is 19.0 Å². The van der Waals surface area contributed by atoms with Gasteiger partial charge in [-0.3, -0.25) is 4.79 Å². The number of nitrogens with two attached hydrogens (primary N) is 1. The normalized spacial score (nSPS) is 14.3. The molecule has 0 aliphatic rings. The Kier molecular flexibility index (Phi) is 5.98. The molecule has 1 unspecified atom stereocenters. The van der Waals surface area contributed by atoms with Gasteiger partial charge >= 0.3 is 0 Å². The zero-order valence-electron chi connectivity index (χ0n) is 12.4. The number of ether oxygens (including phenoxy) is 2. The van der Waals surface area contributed by atoms with E-state index in [9.17, 15) is 4.79 Å². The lowest BCUT2D eigenvalue weighted by Crippen LogP contribution is -2.41. The van der Waals surface area contributed by atoms with Crippen LogP contribution in [0.2, 0.25) is 0 Å². The Morgan fingerprint density at radius 1 is 1.52 bits per heavy atom. The summed E-state index contributed by atoms with van der Waals surface area (Å²) < 4.78 is 10.6. The van der Waals surface area contributed by atoms with Crippen LogP contribution < -0.4 is 15.8 Å². The maximum absolute atomic E-state index is 12.2. The Hall–Kier alpha value is -2.28. The highest BCUT2D eigenvalue weighted by atomic mass is 16.5. The Balaban J connectivity index is 2.75. The van der Waals surface area contributed by atoms with Gasteiger partial charge in [-0.25, -0.2) is 0 Å². The van der Waals surface area contributed by atoms with Crippen LogP contribution in [0.4, 0.5) is 5.69 Å². The van der Waals surface area contributed by atoms with Gasteiger partial charge in [0.05, 0.1) is 0 Å². The molecular weight excluding hydrogens is 274 g/mol. The van der Waals surface area contributed by atoms with Crippen LogP contribution in [0.15, 0.2) is 29.4 Å². The molecule has 4 N–H and O–H groups in total. The number of anilines is 1. The van der Waals surface area contributed by atoms with Gasteiger partial charge in [0.2, 0.25) is 0 Å². The van der Waals surface area contributed by atoms with Crippen molar-refractivity contribution in [3.8, 4) is 5.75 Å². The van der Waals surface area contributed by atoms with E-state index < -0.39 is 5.60 Å². The predicted octanol–water partition coefficient (Wildman–Crippen LogP) is 1.57. The molecule has 0 bridgehead atoms. The van der Waals surface area contributed by atoms with Crippen molar-refractivity contribution < 1.29 is 19.5 Å². The number of carbonyl (C=O) groups is 1. The smallest absolute Gasteiger partial charge is 0.256 e. The van der Waals surface area contributed by atoms with E-state index in [1.54, 1.807) is 31.2 Å². The molecule has 116 valence electrons. The lowest BCUT2D eigenvalue weighted by atomic mass is 10.0. The highest BCUT2D eigenvalue weighted by Gasteiger charge is 2.30. The second-order valence-corrected chi connectivity index (χ2v) is 4.65. The monoisotopic (exact) mass is 295 g/mol. The van der Waals surface area contributed by atoms with Gasteiger partial charge in [-0.05, 0) is 25.5 Å². The highest BCUT2D eigenvalue weighted by Crippen LogP contribution is 2.21. The predicted molar refractivity (Wildman–Crippen MR) is 79.7 cm³/mol. The number of nitrogens with one attached hydrogen (secondary N) is 1. The number of amides is 1. The van der Waals surface area contributed by atoms with Gasteiger partial charge in [-0.2, -0.15) is 0 Å². The Bertz CT molecular complexity index is 513. The maximum Gasteiger partial charge on any atom is 0.256 e. The molecule has 0 fully saturated rings. The van der Waals surface area contributed by atoms with Crippen molar-refractivity contribution in [1.82, 2.24) is 0 Å². The number of carbonyl (C=O) groups excluding carboxylic acids is 1. The molecule has 1 atom stereocenters. The number of oxime groups is 1. The van der Waals surface area contributed by atoms with E-state index in [2.05, 4.69) is 10.5 Å². The fourth-order valence-electron chi connectivity index (χ4n) is 1.51. The summed E-state index contributed by atoms with van der Waals surface area (Å²) >= 11 is 0. The minimum Gasteiger partial charge on any atom is -0.485 e. The first kappa shape index (κ1) is 16.8. The lowest BCUT2D eigenvalue weighted by molar-refractivity contribution is -0.136. The first-order valence-corrected chi connectivity index (χ1v) is 6.51. The number of hydrogen-bond donors (Lipinski definition) is 3. The molecule has 0 aromatic heterocycles. The molecule has 1 aromatic rings. The SMILES string of the molecule is CCC(C)(OC)C(=O)Nc1cccc(OC/C(N)=N/O)c1. The molecule has 0 saturated carbocycles. The molecule has 0 aliphatic heterocycles. The van der Waals surface area contributed by atoms with Gasteiger partial charge in [0.25, 0.3) is 5.91 Å². The van der Waals surface area contributed by atoms with Gasteiger partial charge in [0.15, 0.2) is 5.84 Å². The summed E-state index contributed by atoms with van der Waals surface area (Å²) in [5.74, 6) is 0.221. The van der Waals surface area contributed by atoms with E-state index in [0.717, 1.165) is 0 Å². The van der Waals surface area contributed by atoms with Crippen LogP contribution in [-0.4, -0.2) is 36.3 Å². The van der Waals surface area contributed by atoms with E-state index in [-0.39, 0.29) is 18.3 Å². The molecule has 7 heteroatoms. The van der Waals surface area contributed by atoms with Crippen LogP contribution >= 0.6 is 0 Å². The van der Waals surface area contributed by atoms with Crippen molar-refractivity contribution >= 4 is 17.4 Å². The van der Waals surface area contributed by atoms with Crippen LogP contribution in [0.5, 0.6) is 5.75 Å². The third-order valence-corrected chi connectivity index (χ3v) is 3.21. The zero-order chi connectivity index (χ0) is 15.9. The van der Waals surface area contributed by atoms with Crippen LogP contribution in [0.1, 0.15) is 20.3 Å². The number of rotatable bonds is 7. The average Bonchev–Trinajstić information content (AvgIpc) is 2.51. The summed E-state index contributed by atoms with van der Waals surface area (Å²) in [5, 5.41) is 14.0. The summed E-state index contributed by atoms with van der Waals surface area (Å²) in [6, 6.07) is 6.82. The van der Waals surface area contributed by atoms with Crippen molar-refractivity contribution in [2.45, 2.75) is 25.9 Å². The molecule has 1 rings (SSSR count). The second kappa shape index (κ2) is 7.49. The largest absolute Gasteiger partial charge is 0.485 e. The molecule has 0 radical (unpaired) electrons. The average molecular weight is 295 g/mol.